The smallest absolute Gasteiger partial charge is 0.306 e. The summed E-state index contributed by atoms with van der Waals surface area (Å²) < 4.78 is 10.9. The number of aryl methyl sites for hydroxylation is 1. The molecule has 0 saturated heterocycles. The average molecular weight is 353 g/mol. The van der Waals surface area contributed by atoms with Gasteiger partial charge in [-0.3, -0.25) is 4.79 Å². The number of hydrogen-bond donors (Lipinski definition) is 0. The number of carbonyl (C=O) groups is 1. The van der Waals surface area contributed by atoms with Gasteiger partial charge in [0.15, 0.2) is 0 Å². The van der Waals surface area contributed by atoms with E-state index in [0.717, 1.165) is 29.7 Å². The quantitative estimate of drug-likeness (QED) is 0.191. The van der Waals surface area contributed by atoms with Crippen molar-refractivity contribution in [3.8, 4) is 5.75 Å². The van der Waals surface area contributed by atoms with E-state index < -0.39 is 0 Å². The van der Waals surface area contributed by atoms with Crippen molar-refractivity contribution in [1.29, 1.82) is 0 Å². The zero-order chi connectivity index (χ0) is 18.5. The molecule has 0 saturated carbocycles. The van der Waals surface area contributed by atoms with Gasteiger partial charge in [-0.1, -0.05) is 47.6 Å². The van der Waals surface area contributed by atoms with Gasteiger partial charge in [-0.25, -0.2) is 0 Å². The minimum Gasteiger partial charge on any atom is -0.494 e. The van der Waals surface area contributed by atoms with Crippen molar-refractivity contribution in [1.82, 2.24) is 0 Å². The van der Waals surface area contributed by atoms with Gasteiger partial charge in [0.25, 0.3) is 0 Å². The van der Waals surface area contributed by atoms with Gasteiger partial charge in [0.05, 0.1) is 6.61 Å². The Kier molecular flexibility index (Phi) is 8.60. The van der Waals surface area contributed by atoms with Crippen LogP contribution in [0.5, 0.6) is 5.75 Å². The number of nitrogens with zero attached hydrogens (tertiary/aromatic N) is 3. The topological polar surface area (TPSA) is 84.3 Å². The second kappa shape index (κ2) is 11.6. The molecule has 0 aliphatic heterocycles. The Labute approximate surface area is 153 Å². The first kappa shape index (κ1) is 19.3. The number of benzene rings is 2. The van der Waals surface area contributed by atoms with Crippen LogP contribution in [0, 0.1) is 0 Å². The molecule has 0 atom stereocenters. The zero-order valence-corrected chi connectivity index (χ0v) is 14.7. The molecule has 0 aromatic heterocycles. The molecule has 0 unspecified atom stereocenters. The number of carbonyl (C=O) groups excluding carboxylic acids is 1. The Morgan fingerprint density at radius 2 is 1.77 bits per heavy atom. The van der Waals surface area contributed by atoms with Crippen molar-refractivity contribution < 1.29 is 14.3 Å². The maximum Gasteiger partial charge on any atom is 0.306 e. The molecular weight excluding hydrogens is 330 g/mol. The van der Waals surface area contributed by atoms with Crippen LogP contribution in [0.25, 0.3) is 10.4 Å². The Morgan fingerprint density at radius 1 is 1.00 bits per heavy atom. The highest BCUT2D eigenvalue weighted by Gasteiger charge is 2.05. The highest BCUT2D eigenvalue weighted by Crippen LogP contribution is 2.14. The molecule has 136 valence electrons. The molecule has 2 rings (SSSR count). The maximum absolute atomic E-state index is 11.8. The number of azide groups is 1. The van der Waals surface area contributed by atoms with E-state index in [1.54, 1.807) is 0 Å². The van der Waals surface area contributed by atoms with Crippen LogP contribution in [0.2, 0.25) is 0 Å². The van der Waals surface area contributed by atoms with E-state index >= 15 is 0 Å². The van der Waals surface area contributed by atoms with Crippen molar-refractivity contribution in [2.24, 2.45) is 5.11 Å². The Morgan fingerprint density at radius 3 is 2.50 bits per heavy atom. The lowest BCUT2D eigenvalue weighted by molar-refractivity contribution is -0.144. The summed E-state index contributed by atoms with van der Waals surface area (Å²) in [4.78, 5) is 14.5. The molecule has 0 aliphatic rings. The summed E-state index contributed by atoms with van der Waals surface area (Å²) in [6, 6.07) is 17.4. The zero-order valence-electron chi connectivity index (χ0n) is 14.7. The third-order valence-corrected chi connectivity index (χ3v) is 3.77. The number of ether oxygens (including phenoxy) is 2. The van der Waals surface area contributed by atoms with Gasteiger partial charge in [-0.2, -0.15) is 0 Å². The van der Waals surface area contributed by atoms with Crippen molar-refractivity contribution in [3.63, 3.8) is 0 Å². The lowest BCUT2D eigenvalue weighted by Gasteiger charge is -2.07. The SMILES string of the molecule is [N-]=[N+]=NCCCCOc1ccc(CCC(=O)OCc2ccccc2)cc1. The van der Waals surface area contributed by atoms with Crippen molar-refractivity contribution in [2.75, 3.05) is 13.2 Å². The predicted molar refractivity (Wildman–Crippen MR) is 99.7 cm³/mol. The summed E-state index contributed by atoms with van der Waals surface area (Å²) in [5, 5.41) is 3.48. The second-order valence-electron chi connectivity index (χ2n) is 5.80. The number of rotatable bonds is 11. The summed E-state index contributed by atoms with van der Waals surface area (Å²) >= 11 is 0. The average Bonchev–Trinajstić information content (AvgIpc) is 2.69. The standard InChI is InChI=1S/C20H23N3O3/c21-23-22-14-4-5-15-25-19-11-8-17(9-12-19)10-13-20(24)26-16-18-6-2-1-3-7-18/h1-3,6-9,11-12H,4-5,10,13-16H2. The van der Waals surface area contributed by atoms with Crippen LogP contribution < -0.4 is 4.74 Å². The molecule has 0 N–H and O–H groups in total. The molecule has 0 aliphatic carbocycles. The molecule has 0 radical (unpaired) electrons. The Hall–Kier alpha value is -2.98. The summed E-state index contributed by atoms with van der Waals surface area (Å²) in [5.41, 5.74) is 10.2. The van der Waals surface area contributed by atoms with Crippen molar-refractivity contribution in [3.05, 3.63) is 76.2 Å². The molecule has 0 heterocycles. The Bertz CT molecular complexity index is 711. The fourth-order valence-corrected chi connectivity index (χ4v) is 2.33. The van der Waals surface area contributed by atoms with Crippen LogP contribution >= 0.6 is 0 Å². The highest BCUT2D eigenvalue weighted by atomic mass is 16.5. The molecule has 0 fully saturated rings. The third-order valence-electron chi connectivity index (χ3n) is 3.77. The van der Waals surface area contributed by atoms with E-state index in [4.69, 9.17) is 15.0 Å². The molecule has 6 nitrogen and oxygen atoms in total. The molecule has 0 spiro atoms. The van der Waals surface area contributed by atoms with Crippen molar-refractivity contribution >= 4 is 5.97 Å². The minimum absolute atomic E-state index is 0.200. The number of hydrogen-bond acceptors (Lipinski definition) is 4. The van der Waals surface area contributed by atoms with Crippen LogP contribution in [0.15, 0.2) is 59.7 Å². The summed E-state index contributed by atoms with van der Waals surface area (Å²) in [6.45, 7) is 1.40. The molecule has 2 aromatic rings. The van der Waals surface area contributed by atoms with Crippen LogP contribution in [-0.2, 0) is 22.6 Å². The fourth-order valence-electron chi connectivity index (χ4n) is 2.33. The van der Waals surface area contributed by atoms with E-state index in [0.29, 0.717) is 32.6 Å². The first-order chi connectivity index (χ1) is 12.8. The first-order valence-corrected chi connectivity index (χ1v) is 8.70. The molecule has 0 amide bonds. The third kappa shape index (κ3) is 7.73. The monoisotopic (exact) mass is 353 g/mol. The molecule has 0 bridgehead atoms. The van der Waals surface area contributed by atoms with E-state index in [9.17, 15) is 4.79 Å². The van der Waals surface area contributed by atoms with Gasteiger partial charge in [0, 0.05) is 17.9 Å². The summed E-state index contributed by atoms with van der Waals surface area (Å²) in [5.74, 6) is 0.596. The van der Waals surface area contributed by atoms with Gasteiger partial charge in [-0.05, 0) is 48.1 Å². The number of esters is 1. The second-order valence-corrected chi connectivity index (χ2v) is 5.80. The Balaban J connectivity index is 1.63. The van der Waals surface area contributed by atoms with E-state index in [-0.39, 0.29) is 5.97 Å². The molecule has 6 heteroatoms. The molecular formula is C20H23N3O3. The van der Waals surface area contributed by atoms with E-state index in [1.165, 1.54) is 0 Å². The number of unbranched alkanes of at least 4 members (excludes halogenated alkanes) is 1. The van der Waals surface area contributed by atoms with Gasteiger partial charge in [0.1, 0.15) is 12.4 Å². The predicted octanol–water partition coefficient (Wildman–Crippen LogP) is 4.83. The molecule has 2 aromatic carbocycles. The lowest BCUT2D eigenvalue weighted by atomic mass is 10.1. The lowest BCUT2D eigenvalue weighted by Crippen LogP contribution is -2.06. The molecule has 26 heavy (non-hydrogen) atoms. The maximum atomic E-state index is 11.8. The largest absolute Gasteiger partial charge is 0.494 e. The summed E-state index contributed by atoms with van der Waals surface area (Å²) in [6.07, 6.45) is 2.65. The normalized spacial score (nSPS) is 10.0. The van der Waals surface area contributed by atoms with E-state index in [1.807, 2.05) is 54.6 Å². The van der Waals surface area contributed by atoms with Gasteiger partial charge in [0.2, 0.25) is 0 Å². The van der Waals surface area contributed by atoms with Gasteiger partial charge >= 0.3 is 5.97 Å². The highest BCUT2D eigenvalue weighted by molar-refractivity contribution is 5.69. The van der Waals surface area contributed by atoms with Crippen LogP contribution in [-0.4, -0.2) is 19.1 Å². The van der Waals surface area contributed by atoms with Gasteiger partial charge < -0.3 is 9.47 Å². The van der Waals surface area contributed by atoms with Crippen LogP contribution in [0.1, 0.15) is 30.4 Å². The van der Waals surface area contributed by atoms with Crippen LogP contribution in [0.3, 0.4) is 0 Å². The fraction of sp³-hybridized carbons (Fsp3) is 0.350. The summed E-state index contributed by atoms with van der Waals surface area (Å²) in [7, 11) is 0. The minimum atomic E-state index is -0.200. The van der Waals surface area contributed by atoms with Crippen molar-refractivity contribution in [2.45, 2.75) is 32.3 Å². The first-order valence-electron chi connectivity index (χ1n) is 8.70. The van der Waals surface area contributed by atoms with Crippen LogP contribution in [0.4, 0.5) is 0 Å². The van der Waals surface area contributed by atoms with E-state index in [2.05, 4.69) is 10.0 Å². The van der Waals surface area contributed by atoms with Gasteiger partial charge in [-0.15, -0.1) is 0 Å².